The Morgan fingerprint density at radius 2 is 2.44 bits per heavy atom. The third-order valence-electron chi connectivity index (χ3n) is 3.41. The van der Waals surface area contributed by atoms with Crippen molar-refractivity contribution in [1.29, 1.82) is 0 Å². The van der Waals surface area contributed by atoms with Gasteiger partial charge in [-0.05, 0) is 50.1 Å². The van der Waals surface area contributed by atoms with Gasteiger partial charge < -0.3 is 5.32 Å². The predicted molar refractivity (Wildman–Crippen MR) is 76.3 cm³/mol. The van der Waals surface area contributed by atoms with Crippen molar-refractivity contribution in [2.24, 2.45) is 0 Å². The van der Waals surface area contributed by atoms with Crippen LogP contribution in [0.5, 0.6) is 0 Å². The number of hydrogen-bond acceptors (Lipinski definition) is 4. The van der Waals surface area contributed by atoms with Gasteiger partial charge in [0.2, 0.25) is 5.95 Å². The first-order chi connectivity index (χ1) is 8.65. The van der Waals surface area contributed by atoms with E-state index in [0.29, 0.717) is 4.75 Å². The maximum absolute atomic E-state index is 4.50. The minimum atomic E-state index is 0.341. The summed E-state index contributed by atoms with van der Waals surface area (Å²) in [7, 11) is 0. The standard InChI is InChI=1S/C13H18N4S/c1-10-4-6-17-11(8-10)15-12(16-17)14-9-13(2)5-3-7-18-13/h4,6,8H,3,5,7,9H2,1-2H3,(H,14,16). The number of aromatic nitrogens is 3. The fraction of sp³-hybridized carbons (Fsp3) is 0.538. The average Bonchev–Trinajstić information content (AvgIpc) is 2.93. The zero-order valence-corrected chi connectivity index (χ0v) is 11.6. The van der Waals surface area contributed by atoms with Gasteiger partial charge in [0, 0.05) is 17.5 Å². The van der Waals surface area contributed by atoms with Gasteiger partial charge in [-0.2, -0.15) is 16.7 Å². The normalized spacial score (nSPS) is 23.7. The van der Waals surface area contributed by atoms with Crippen LogP contribution in [-0.4, -0.2) is 31.6 Å². The average molecular weight is 262 g/mol. The first-order valence-corrected chi connectivity index (χ1v) is 7.34. The number of rotatable bonds is 3. The molecule has 1 atom stereocenters. The number of anilines is 1. The topological polar surface area (TPSA) is 42.2 Å². The Bertz CT molecular complexity index is 557. The van der Waals surface area contributed by atoms with E-state index < -0.39 is 0 Å². The molecule has 2 aromatic heterocycles. The Morgan fingerprint density at radius 1 is 1.56 bits per heavy atom. The molecule has 1 aliphatic rings. The Balaban J connectivity index is 1.74. The highest BCUT2D eigenvalue weighted by Crippen LogP contribution is 2.37. The van der Waals surface area contributed by atoms with E-state index in [1.54, 1.807) is 0 Å². The highest BCUT2D eigenvalue weighted by atomic mass is 32.2. The van der Waals surface area contributed by atoms with E-state index in [0.717, 1.165) is 18.1 Å². The van der Waals surface area contributed by atoms with Gasteiger partial charge in [-0.1, -0.05) is 0 Å². The molecule has 0 radical (unpaired) electrons. The van der Waals surface area contributed by atoms with Crippen molar-refractivity contribution in [3.05, 3.63) is 23.9 Å². The van der Waals surface area contributed by atoms with Crippen molar-refractivity contribution in [1.82, 2.24) is 14.6 Å². The number of fused-ring (bicyclic) bond motifs is 1. The van der Waals surface area contributed by atoms with E-state index in [4.69, 9.17) is 0 Å². The van der Waals surface area contributed by atoms with Gasteiger partial charge in [-0.15, -0.1) is 5.10 Å². The third-order valence-corrected chi connectivity index (χ3v) is 4.95. The summed E-state index contributed by atoms with van der Waals surface area (Å²) in [4.78, 5) is 4.50. The Labute approximate surface area is 111 Å². The maximum Gasteiger partial charge on any atom is 0.243 e. The molecule has 1 N–H and O–H groups in total. The van der Waals surface area contributed by atoms with Gasteiger partial charge in [0.05, 0.1) is 0 Å². The van der Waals surface area contributed by atoms with Crippen LogP contribution in [-0.2, 0) is 0 Å². The Morgan fingerprint density at radius 3 is 3.22 bits per heavy atom. The lowest BCUT2D eigenvalue weighted by Crippen LogP contribution is -2.27. The van der Waals surface area contributed by atoms with E-state index in [1.165, 1.54) is 24.2 Å². The van der Waals surface area contributed by atoms with Gasteiger partial charge in [0.1, 0.15) is 0 Å². The minimum Gasteiger partial charge on any atom is -0.352 e. The van der Waals surface area contributed by atoms with Crippen LogP contribution in [0.1, 0.15) is 25.3 Å². The zero-order valence-electron chi connectivity index (χ0n) is 10.8. The molecule has 1 fully saturated rings. The highest BCUT2D eigenvalue weighted by Gasteiger charge is 2.29. The molecule has 18 heavy (non-hydrogen) atoms. The smallest absolute Gasteiger partial charge is 0.243 e. The molecule has 3 heterocycles. The fourth-order valence-electron chi connectivity index (χ4n) is 2.30. The van der Waals surface area contributed by atoms with Crippen LogP contribution in [0.3, 0.4) is 0 Å². The van der Waals surface area contributed by atoms with Crippen molar-refractivity contribution in [2.45, 2.75) is 31.4 Å². The summed E-state index contributed by atoms with van der Waals surface area (Å²) < 4.78 is 2.16. The monoisotopic (exact) mass is 262 g/mol. The first-order valence-electron chi connectivity index (χ1n) is 6.36. The molecule has 96 valence electrons. The summed E-state index contributed by atoms with van der Waals surface area (Å²) in [5.41, 5.74) is 2.11. The summed E-state index contributed by atoms with van der Waals surface area (Å²) in [6, 6.07) is 4.09. The first kappa shape index (κ1) is 11.8. The molecule has 2 aromatic rings. The maximum atomic E-state index is 4.50. The van der Waals surface area contributed by atoms with Crippen LogP contribution in [0.15, 0.2) is 18.3 Å². The van der Waals surface area contributed by atoms with Crippen molar-refractivity contribution in [3.8, 4) is 0 Å². The van der Waals surface area contributed by atoms with Gasteiger partial charge >= 0.3 is 0 Å². The molecule has 0 aliphatic carbocycles. The second kappa shape index (κ2) is 4.46. The summed E-state index contributed by atoms with van der Waals surface area (Å²) in [5, 5.41) is 7.80. The molecule has 1 unspecified atom stereocenters. The second-order valence-corrected chi connectivity index (χ2v) is 6.88. The summed E-state index contributed by atoms with van der Waals surface area (Å²) in [5.74, 6) is 2.00. The third kappa shape index (κ3) is 2.32. The van der Waals surface area contributed by atoms with Crippen LogP contribution in [0, 0.1) is 6.92 Å². The molecular formula is C13H18N4S. The van der Waals surface area contributed by atoms with Gasteiger partial charge in [-0.25, -0.2) is 4.52 Å². The molecule has 5 heteroatoms. The van der Waals surface area contributed by atoms with Crippen molar-refractivity contribution >= 4 is 23.4 Å². The molecule has 1 aliphatic heterocycles. The summed E-state index contributed by atoms with van der Waals surface area (Å²) in [6.07, 6.45) is 4.55. The van der Waals surface area contributed by atoms with Crippen molar-refractivity contribution in [3.63, 3.8) is 0 Å². The Hall–Kier alpha value is -1.23. The van der Waals surface area contributed by atoms with E-state index >= 15 is 0 Å². The van der Waals surface area contributed by atoms with Crippen molar-refractivity contribution in [2.75, 3.05) is 17.6 Å². The number of thioether (sulfide) groups is 1. The van der Waals surface area contributed by atoms with Gasteiger partial charge in [0.25, 0.3) is 0 Å². The van der Waals surface area contributed by atoms with Crippen LogP contribution < -0.4 is 5.32 Å². The number of nitrogens with one attached hydrogen (secondary N) is 1. The Kier molecular flexibility index (Phi) is 2.93. The molecule has 4 nitrogen and oxygen atoms in total. The predicted octanol–water partition coefficient (Wildman–Crippen LogP) is 2.74. The molecule has 0 amide bonds. The van der Waals surface area contributed by atoms with E-state index in [-0.39, 0.29) is 0 Å². The minimum absolute atomic E-state index is 0.341. The molecule has 0 saturated carbocycles. The van der Waals surface area contributed by atoms with Crippen LogP contribution in [0.25, 0.3) is 5.65 Å². The zero-order chi connectivity index (χ0) is 12.6. The van der Waals surface area contributed by atoms with E-state index in [2.05, 4.69) is 29.2 Å². The van der Waals surface area contributed by atoms with Gasteiger partial charge in [0.15, 0.2) is 5.65 Å². The summed E-state index contributed by atoms with van der Waals surface area (Å²) >= 11 is 2.05. The molecule has 0 spiro atoms. The molecule has 3 rings (SSSR count). The number of nitrogens with zero attached hydrogens (tertiary/aromatic N) is 3. The highest BCUT2D eigenvalue weighted by molar-refractivity contribution is 8.00. The summed E-state index contributed by atoms with van der Waals surface area (Å²) in [6.45, 7) is 5.32. The lowest BCUT2D eigenvalue weighted by atomic mass is 10.1. The van der Waals surface area contributed by atoms with E-state index in [1.807, 2.05) is 34.6 Å². The van der Waals surface area contributed by atoms with Crippen LogP contribution >= 0.6 is 11.8 Å². The number of hydrogen-bond donors (Lipinski definition) is 1. The number of aryl methyl sites for hydroxylation is 1. The molecular weight excluding hydrogens is 244 g/mol. The van der Waals surface area contributed by atoms with E-state index in [9.17, 15) is 0 Å². The van der Waals surface area contributed by atoms with Crippen LogP contribution in [0.4, 0.5) is 5.95 Å². The largest absolute Gasteiger partial charge is 0.352 e. The lowest BCUT2D eigenvalue weighted by molar-refractivity contribution is 0.632. The lowest BCUT2D eigenvalue weighted by Gasteiger charge is -2.22. The number of pyridine rings is 1. The fourth-order valence-corrected chi connectivity index (χ4v) is 3.54. The second-order valence-electron chi connectivity index (χ2n) is 5.20. The quantitative estimate of drug-likeness (QED) is 0.923. The van der Waals surface area contributed by atoms with Crippen LogP contribution in [0.2, 0.25) is 0 Å². The SMILES string of the molecule is Cc1ccn2nc(NCC3(C)CCCS3)nc2c1. The van der Waals surface area contributed by atoms with Gasteiger partial charge in [-0.3, -0.25) is 0 Å². The molecule has 0 bridgehead atoms. The molecule has 0 aromatic carbocycles. The van der Waals surface area contributed by atoms with Crippen molar-refractivity contribution < 1.29 is 0 Å². The molecule has 1 saturated heterocycles.